The summed E-state index contributed by atoms with van der Waals surface area (Å²) >= 11 is 0. The molecule has 0 aliphatic carbocycles. The SMILES string of the molecule is Cc1cccc(-c2cc[c-]cc2)c1.[Br-].[Mg+2]. The van der Waals surface area contributed by atoms with Gasteiger partial charge in [-0.2, -0.15) is 30.3 Å². The topological polar surface area (TPSA) is 0 Å². The first-order valence-electron chi connectivity index (χ1n) is 4.39. The molecule has 0 saturated carbocycles. The smallest absolute Gasteiger partial charge is 1.00 e. The van der Waals surface area contributed by atoms with E-state index < -0.39 is 0 Å². The fourth-order valence-corrected chi connectivity index (χ4v) is 1.40. The number of halogens is 1. The Kier molecular flexibility index (Phi) is 6.89. The van der Waals surface area contributed by atoms with Crippen LogP contribution in [0.2, 0.25) is 0 Å². The summed E-state index contributed by atoms with van der Waals surface area (Å²) in [5, 5.41) is 0. The predicted octanol–water partition coefficient (Wildman–Crippen LogP) is 0.0854. The van der Waals surface area contributed by atoms with E-state index in [0.717, 1.165) is 0 Å². The molecule has 0 N–H and O–H groups in total. The second-order valence-electron chi connectivity index (χ2n) is 3.16. The maximum Gasteiger partial charge on any atom is 2.00 e. The molecular formula is C13H11BrMg. The van der Waals surface area contributed by atoms with Crippen molar-refractivity contribution < 1.29 is 17.0 Å². The molecule has 0 fully saturated rings. The first kappa shape index (κ1) is 14.7. The Bertz CT molecular complexity index is 398. The second-order valence-corrected chi connectivity index (χ2v) is 3.16. The third-order valence-electron chi connectivity index (χ3n) is 2.07. The van der Waals surface area contributed by atoms with E-state index in [1.807, 2.05) is 12.1 Å². The zero-order chi connectivity index (χ0) is 9.10. The minimum Gasteiger partial charge on any atom is -1.00 e. The maximum absolute atomic E-state index is 3.02. The van der Waals surface area contributed by atoms with Gasteiger partial charge in [-0.15, -0.1) is 5.56 Å². The molecule has 0 unspecified atom stereocenters. The van der Waals surface area contributed by atoms with Crippen molar-refractivity contribution in [3.63, 3.8) is 0 Å². The molecule has 2 aromatic rings. The number of rotatable bonds is 1. The molecule has 0 saturated heterocycles. The van der Waals surface area contributed by atoms with Crippen molar-refractivity contribution in [3.8, 4) is 11.1 Å². The van der Waals surface area contributed by atoms with Crippen molar-refractivity contribution in [1.82, 2.24) is 0 Å². The first-order valence-corrected chi connectivity index (χ1v) is 4.39. The maximum atomic E-state index is 3.02. The van der Waals surface area contributed by atoms with E-state index in [1.165, 1.54) is 16.7 Å². The first-order chi connectivity index (χ1) is 6.36. The van der Waals surface area contributed by atoms with E-state index in [2.05, 4.69) is 49.4 Å². The van der Waals surface area contributed by atoms with Crippen LogP contribution in [0.1, 0.15) is 5.56 Å². The van der Waals surface area contributed by atoms with Gasteiger partial charge in [0.1, 0.15) is 0 Å². The van der Waals surface area contributed by atoms with E-state index >= 15 is 0 Å². The van der Waals surface area contributed by atoms with Gasteiger partial charge < -0.3 is 17.0 Å². The van der Waals surface area contributed by atoms with Crippen molar-refractivity contribution in [2.45, 2.75) is 6.92 Å². The van der Waals surface area contributed by atoms with Crippen LogP contribution in [0.5, 0.6) is 0 Å². The van der Waals surface area contributed by atoms with Crippen LogP contribution >= 0.6 is 0 Å². The van der Waals surface area contributed by atoms with Crippen molar-refractivity contribution in [1.29, 1.82) is 0 Å². The summed E-state index contributed by atoms with van der Waals surface area (Å²) in [6, 6.07) is 19.6. The summed E-state index contributed by atoms with van der Waals surface area (Å²) in [7, 11) is 0. The van der Waals surface area contributed by atoms with Crippen molar-refractivity contribution in [2.24, 2.45) is 0 Å². The van der Waals surface area contributed by atoms with Crippen LogP contribution in [-0.2, 0) is 0 Å². The standard InChI is InChI=1S/C13H11.BrH.Mg/c1-11-6-5-9-13(10-11)12-7-3-2-4-8-12;;/h3-10H,1H3;1H;/q-1;;+2/p-1. The van der Waals surface area contributed by atoms with Crippen LogP contribution in [0.4, 0.5) is 0 Å². The zero-order valence-corrected chi connectivity index (χ0v) is 11.7. The average molecular weight is 271 g/mol. The van der Waals surface area contributed by atoms with Crippen LogP contribution in [0.25, 0.3) is 11.1 Å². The molecule has 2 aromatic carbocycles. The molecule has 0 radical (unpaired) electrons. The van der Waals surface area contributed by atoms with Crippen molar-refractivity contribution >= 4 is 23.1 Å². The molecular weight excluding hydrogens is 260 g/mol. The molecule has 2 rings (SSSR count). The summed E-state index contributed by atoms with van der Waals surface area (Å²) in [5.41, 5.74) is 3.82. The van der Waals surface area contributed by atoms with Gasteiger partial charge in [-0.25, -0.2) is 0 Å². The molecule has 72 valence electrons. The molecule has 0 aliphatic rings. The molecule has 0 nitrogen and oxygen atoms in total. The third kappa shape index (κ3) is 3.97. The molecule has 0 aliphatic heterocycles. The van der Waals surface area contributed by atoms with Crippen LogP contribution in [0.15, 0.2) is 48.5 Å². The summed E-state index contributed by atoms with van der Waals surface area (Å²) in [5.74, 6) is 0. The molecule has 0 spiro atoms. The van der Waals surface area contributed by atoms with Gasteiger partial charge in [-0.1, -0.05) is 29.8 Å². The van der Waals surface area contributed by atoms with Crippen LogP contribution < -0.4 is 17.0 Å². The van der Waals surface area contributed by atoms with E-state index in [-0.39, 0.29) is 40.0 Å². The zero-order valence-electron chi connectivity index (χ0n) is 8.70. The molecule has 0 bridgehead atoms. The molecule has 0 atom stereocenters. The molecule has 0 heterocycles. The van der Waals surface area contributed by atoms with Gasteiger partial charge in [0.15, 0.2) is 0 Å². The predicted molar refractivity (Wildman–Crippen MR) is 61.2 cm³/mol. The van der Waals surface area contributed by atoms with Gasteiger partial charge in [0.05, 0.1) is 0 Å². The van der Waals surface area contributed by atoms with Gasteiger partial charge in [-0.05, 0) is 12.5 Å². The molecule has 2 heteroatoms. The number of benzene rings is 2. The molecule has 0 aromatic heterocycles. The average Bonchev–Trinajstić information content (AvgIpc) is 2.19. The van der Waals surface area contributed by atoms with Crippen molar-refractivity contribution in [3.05, 3.63) is 60.2 Å². The summed E-state index contributed by atoms with van der Waals surface area (Å²) in [4.78, 5) is 0. The fourth-order valence-electron chi connectivity index (χ4n) is 1.40. The third-order valence-corrected chi connectivity index (χ3v) is 2.07. The Morgan fingerprint density at radius 1 is 0.933 bits per heavy atom. The summed E-state index contributed by atoms with van der Waals surface area (Å²) in [6.07, 6.45) is 0. The van der Waals surface area contributed by atoms with Crippen LogP contribution in [-0.4, -0.2) is 23.1 Å². The van der Waals surface area contributed by atoms with E-state index in [4.69, 9.17) is 0 Å². The van der Waals surface area contributed by atoms with Crippen molar-refractivity contribution in [2.75, 3.05) is 0 Å². The summed E-state index contributed by atoms with van der Waals surface area (Å²) < 4.78 is 0. The van der Waals surface area contributed by atoms with Gasteiger partial charge in [-0.3, -0.25) is 0 Å². The quantitative estimate of drug-likeness (QED) is 0.509. The largest absolute Gasteiger partial charge is 2.00 e. The van der Waals surface area contributed by atoms with Gasteiger partial charge in [0, 0.05) is 0 Å². The fraction of sp³-hybridized carbons (Fsp3) is 0.0769. The van der Waals surface area contributed by atoms with E-state index in [1.54, 1.807) is 0 Å². The minimum atomic E-state index is 0. The molecule has 0 amide bonds. The van der Waals surface area contributed by atoms with Gasteiger partial charge in [0.25, 0.3) is 0 Å². The van der Waals surface area contributed by atoms with E-state index in [9.17, 15) is 0 Å². The Labute approximate surface area is 118 Å². The second kappa shape index (κ2) is 7.04. The monoisotopic (exact) mass is 270 g/mol. The normalized spacial score (nSPS) is 8.60. The summed E-state index contributed by atoms with van der Waals surface area (Å²) in [6.45, 7) is 2.11. The number of aryl methyl sites for hydroxylation is 1. The molecule has 15 heavy (non-hydrogen) atoms. The van der Waals surface area contributed by atoms with Gasteiger partial charge in [0.2, 0.25) is 0 Å². The van der Waals surface area contributed by atoms with Gasteiger partial charge >= 0.3 is 23.1 Å². The van der Waals surface area contributed by atoms with E-state index in [0.29, 0.717) is 0 Å². The Morgan fingerprint density at radius 2 is 1.60 bits per heavy atom. The Morgan fingerprint density at radius 3 is 2.20 bits per heavy atom. The number of hydrogen-bond acceptors (Lipinski definition) is 0. The van der Waals surface area contributed by atoms with Crippen LogP contribution in [0, 0.1) is 13.0 Å². The Balaban J connectivity index is 0.000000980. The minimum absolute atomic E-state index is 0. The van der Waals surface area contributed by atoms with Crippen LogP contribution in [0.3, 0.4) is 0 Å². The Hall–Kier alpha value is -0.314. The number of hydrogen-bond donors (Lipinski definition) is 0.